The summed E-state index contributed by atoms with van der Waals surface area (Å²) in [5.41, 5.74) is 0. The molecule has 1 saturated heterocycles. The van der Waals surface area contributed by atoms with Crippen LogP contribution in [0.3, 0.4) is 0 Å². The monoisotopic (exact) mass is 190 g/mol. The van der Waals surface area contributed by atoms with E-state index in [1.807, 2.05) is 6.92 Å². The van der Waals surface area contributed by atoms with Crippen LogP contribution in [0.4, 0.5) is 0 Å². The second kappa shape index (κ2) is 4.91. The van der Waals surface area contributed by atoms with Crippen LogP contribution in [0.25, 0.3) is 0 Å². The van der Waals surface area contributed by atoms with Gasteiger partial charge in [-0.25, -0.2) is 0 Å². The van der Waals surface area contributed by atoms with E-state index in [-0.39, 0.29) is 18.3 Å². The van der Waals surface area contributed by atoms with Crippen LogP contribution in [0.5, 0.6) is 0 Å². The first kappa shape index (κ1) is 10.9. The van der Waals surface area contributed by atoms with Crippen molar-refractivity contribution in [2.75, 3.05) is 20.8 Å². The number of rotatable bonds is 4. The summed E-state index contributed by atoms with van der Waals surface area (Å²) in [6, 6.07) is 0. The highest BCUT2D eigenvalue weighted by Gasteiger charge is 2.40. The normalized spacial score (nSPS) is 36.5. The maximum atomic E-state index is 9.75. The van der Waals surface area contributed by atoms with Crippen molar-refractivity contribution in [1.29, 1.82) is 0 Å². The molecule has 0 bridgehead atoms. The Hall–Kier alpha value is -0.160. The van der Waals surface area contributed by atoms with Gasteiger partial charge in [0.05, 0.1) is 12.7 Å². The van der Waals surface area contributed by atoms with E-state index in [0.29, 0.717) is 6.61 Å². The van der Waals surface area contributed by atoms with Gasteiger partial charge >= 0.3 is 0 Å². The van der Waals surface area contributed by atoms with E-state index >= 15 is 0 Å². The molecular weight excluding hydrogens is 172 g/mol. The highest BCUT2D eigenvalue weighted by Crippen LogP contribution is 2.22. The first-order chi connectivity index (χ1) is 6.24. The van der Waals surface area contributed by atoms with E-state index in [4.69, 9.17) is 14.2 Å². The van der Waals surface area contributed by atoms with Gasteiger partial charge in [0, 0.05) is 14.2 Å². The van der Waals surface area contributed by atoms with Gasteiger partial charge in [0.25, 0.3) is 0 Å². The van der Waals surface area contributed by atoms with Crippen molar-refractivity contribution in [3.05, 3.63) is 0 Å². The summed E-state index contributed by atoms with van der Waals surface area (Å²) in [5, 5.41) is 9.75. The zero-order valence-corrected chi connectivity index (χ0v) is 8.40. The molecule has 1 fully saturated rings. The van der Waals surface area contributed by atoms with Crippen LogP contribution in [-0.4, -0.2) is 50.3 Å². The largest absolute Gasteiger partial charge is 0.387 e. The van der Waals surface area contributed by atoms with E-state index < -0.39 is 6.10 Å². The third-order valence-corrected chi connectivity index (χ3v) is 2.54. The molecule has 0 aromatic heterocycles. The minimum absolute atomic E-state index is 0.0462. The van der Waals surface area contributed by atoms with Gasteiger partial charge in [-0.05, 0) is 6.42 Å². The Morgan fingerprint density at radius 1 is 1.54 bits per heavy atom. The van der Waals surface area contributed by atoms with Crippen molar-refractivity contribution in [2.24, 2.45) is 0 Å². The van der Waals surface area contributed by atoms with Gasteiger partial charge in [-0.1, -0.05) is 6.92 Å². The Kier molecular flexibility index (Phi) is 4.12. The van der Waals surface area contributed by atoms with Crippen LogP contribution >= 0.6 is 0 Å². The summed E-state index contributed by atoms with van der Waals surface area (Å²) in [6.45, 7) is 2.45. The summed E-state index contributed by atoms with van der Waals surface area (Å²) in [5.74, 6) is 0. The number of hydrogen-bond acceptors (Lipinski definition) is 4. The van der Waals surface area contributed by atoms with Crippen molar-refractivity contribution < 1.29 is 19.3 Å². The SMILES string of the molecule is CC[C@H](OC)[C@H]1OC[C@@H](OC)[C@H]1O. The predicted molar refractivity (Wildman–Crippen MR) is 47.6 cm³/mol. The van der Waals surface area contributed by atoms with Crippen LogP contribution < -0.4 is 0 Å². The Morgan fingerprint density at radius 3 is 2.62 bits per heavy atom. The highest BCUT2D eigenvalue weighted by molar-refractivity contribution is 4.88. The van der Waals surface area contributed by atoms with Gasteiger partial charge in [0.1, 0.15) is 18.3 Å². The number of aliphatic hydroxyl groups excluding tert-OH is 1. The molecule has 0 aromatic rings. The molecule has 78 valence electrons. The van der Waals surface area contributed by atoms with Crippen molar-refractivity contribution in [2.45, 2.75) is 37.8 Å². The lowest BCUT2D eigenvalue weighted by molar-refractivity contribution is -0.0703. The molecule has 1 aliphatic heterocycles. The summed E-state index contributed by atoms with van der Waals surface area (Å²) in [7, 11) is 3.21. The average molecular weight is 190 g/mol. The second-order valence-electron chi connectivity index (χ2n) is 3.25. The average Bonchev–Trinajstić information content (AvgIpc) is 2.50. The van der Waals surface area contributed by atoms with Crippen molar-refractivity contribution in [1.82, 2.24) is 0 Å². The molecule has 1 heterocycles. The number of hydrogen-bond donors (Lipinski definition) is 1. The fourth-order valence-electron chi connectivity index (χ4n) is 1.68. The molecular formula is C9H18O4. The molecule has 1 aliphatic rings. The van der Waals surface area contributed by atoms with Gasteiger partial charge in [0.2, 0.25) is 0 Å². The minimum atomic E-state index is -0.574. The third-order valence-electron chi connectivity index (χ3n) is 2.54. The fourth-order valence-corrected chi connectivity index (χ4v) is 1.68. The quantitative estimate of drug-likeness (QED) is 0.687. The van der Waals surface area contributed by atoms with Gasteiger partial charge in [-0.15, -0.1) is 0 Å². The van der Waals surface area contributed by atoms with Gasteiger partial charge < -0.3 is 19.3 Å². The number of aliphatic hydroxyl groups is 1. The van der Waals surface area contributed by atoms with E-state index in [2.05, 4.69) is 0 Å². The minimum Gasteiger partial charge on any atom is -0.387 e. The maximum absolute atomic E-state index is 9.75. The number of methoxy groups -OCH3 is 2. The molecule has 0 spiro atoms. The summed E-state index contributed by atoms with van der Waals surface area (Å²) >= 11 is 0. The lowest BCUT2D eigenvalue weighted by Gasteiger charge is -2.23. The zero-order chi connectivity index (χ0) is 9.84. The zero-order valence-electron chi connectivity index (χ0n) is 8.40. The van der Waals surface area contributed by atoms with Crippen LogP contribution in [-0.2, 0) is 14.2 Å². The standard InChI is InChI=1S/C9H18O4/c1-4-6(11-2)9-8(10)7(12-3)5-13-9/h6-10H,4-5H2,1-3H3/t6-,7+,8+,9+/m0/s1. The molecule has 0 unspecified atom stereocenters. The Morgan fingerprint density at radius 2 is 2.23 bits per heavy atom. The first-order valence-corrected chi connectivity index (χ1v) is 4.59. The van der Waals surface area contributed by atoms with Crippen LogP contribution in [0.1, 0.15) is 13.3 Å². The fraction of sp³-hybridized carbons (Fsp3) is 1.00. The summed E-state index contributed by atoms with van der Waals surface area (Å²) < 4.78 is 15.7. The first-order valence-electron chi connectivity index (χ1n) is 4.59. The highest BCUT2D eigenvalue weighted by atomic mass is 16.6. The van der Waals surface area contributed by atoms with Crippen LogP contribution in [0, 0.1) is 0 Å². The van der Waals surface area contributed by atoms with Crippen molar-refractivity contribution >= 4 is 0 Å². The van der Waals surface area contributed by atoms with Gasteiger partial charge in [-0.3, -0.25) is 0 Å². The molecule has 0 radical (unpaired) electrons. The third kappa shape index (κ3) is 2.20. The topological polar surface area (TPSA) is 47.9 Å². The van der Waals surface area contributed by atoms with E-state index in [1.165, 1.54) is 0 Å². The number of ether oxygens (including phenoxy) is 3. The predicted octanol–water partition coefficient (Wildman–Crippen LogP) is 0.186. The molecule has 0 amide bonds. The molecule has 13 heavy (non-hydrogen) atoms. The lowest BCUT2D eigenvalue weighted by Crippen LogP contribution is -2.39. The summed E-state index contributed by atoms with van der Waals surface area (Å²) in [6.07, 6.45) is -0.256. The van der Waals surface area contributed by atoms with Crippen molar-refractivity contribution in [3.63, 3.8) is 0 Å². The molecule has 4 heteroatoms. The molecule has 0 aliphatic carbocycles. The molecule has 4 nitrogen and oxygen atoms in total. The van der Waals surface area contributed by atoms with Gasteiger partial charge in [0.15, 0.2) is 0 Å². The smallest absolute Gasteiger partial charge is 0.112 e. The Labute approximate surface area is 78.8 Å². The summed E-state index contributed by atoms with van der Waals surface area (Å²) in [4.78, 5) is 0. The lowest BCUT2D eigenvalue weighted by atomic mass is 10.0. The maximum Gasteiger partial charge on any atom is 0.112 e. The van der Waals surface area contributed by atoms with E-state index in [9.17, 15) is 5.11 Å². The van der Waals surface area contributed by atoms with Crippen LogP contribution in [0.15, 0.2) is 0 Å². The van der Waals surface area contributed by atoms with E-state index in [0.717, 1.165) is 6.42 Å². The Balaban J connectivity index is 2.52. The molecule has 0 aromatic carbocycles. The second-order valence-corrected chi connectivity index (χ2v) is 3.25. The van der Waals surface area contributed by atoms with Gasteiger partial charge in [-0.2, -0.15) is 0 Å². The Bertz CT molecular complexity index is 147. The molecule has 1 rings (SSSR count). The molecule has 0 saturated carbocycles. The van der Waals surface area contributed by atoms with Crippen LogP contribution in [0.2, 0.25) is 0 Å². The molecule has 1 N–H and O–H groups in total. The van der Waals surface area contributed by atoms with Crippen molar-refractivity contribution in [3.8, 4) is 0 Å². The molecule has 4 atom stereocenters. The van der Waals surface area contributed by atoms with E-state index in [1.54, 1.807) is 14.2 Å².